The molecule has 0 fully saturated rings. The summed E-state index contributed by atoms with van der Waals surface area (Å²) < 4.78 is 23.6. The van der Waals surface area contributed by atoms with Crippen LogP contribution in [0.25, 0.3) is 64.6 Å². The minimum Gasteiger partial charge on any atom is -0.462 e. The highest BCUT2D eigenvalue weighted by Crippen LogP contribution is 2.22. The van der Waals surface area contributed by atoms with E-state index < -0.39 is 23.9 Å². The summed E-state index contributed by atoms with van der Waals surface area (Å²) in [5.74, 6) is -1.97. The van der Waals surface area contributed by atoms with Crippen molar-refractivity contribution in [1.29, 1.82) is 0 Å². The van der Waals surface area contributed by atoms with Gasteiger partial charge in [-0.05, 0) is 183 Å². The van der Waals surface area contributed by atoms with Gasteiger partial charge in [0.25, 0.3) is 0 Å². The van der Waals surface area contributed by atoms with Gasteiger partial charge in [0.15, 0.2) is 0 Å². The van der Waals surface area contributed by atoms with E-state index in [4.69, 9.17) is 18.9 Å². The first-order valence-electron chi connectivity index (χ1n) is 44.8. The third kappa shape index (κ3) is 40.2. The van der Waals surface area contributed by atoms with Gasteiger partial charge in [0.2, 0.25) is 0 Å². The molecule has 0 aliphatic heterocycles. The summed E-state index contributed by atoms with van der Waals surface area (Å²) in [4.78, 5) is 56.0. The number of fused-ring (bicyclic) bond motifs is 12. The summed E-state index contributed by atoms with van der Waals surface area (Å²) in [6.45, 7) is 9.80. The second-order valence-corrected chi connectivity index (χ2v) is 31.3. The molecule has 10 nitrogen and oxygen atoms in total. The highest BCUT2D eigenvalue weighted by Gasteiger charge is 2.13. The summed E-state index contributed by atoms with van der Waals surface area (Å²) in [5.41, 5.74) is 2.73. The Labute approximate surface area is 709 Å². The Bertz CT molecular complexity index is 3980. The first-order valence-corrected chi connectivity index (χ1v) is 44.8. The number of esters is 4. The van der Waals surface area contributed by atoms with Crippen LogP contribution in [0, 0.1) is 97.1 Å². The van der Waals surface area contributed by atoms with Crippen LogP contribution in [-0.2, 0) is 31.8 Å². The minimum atomic E-state index is -0.494. The molecule has 620 valence electrons. The number of hydrogen-bond acceptors (Lipinski definition) is 10. The first-order chi connectivity index (χ1) is 57.9. The van der Waals surface area contributed by atoms with Crippen LogP contribution in [0.1, 0.15) is 337 Å². The third-order valence-corrected chi connectivity index (χ3v) is 20.7. The molecule has 0 radical (unpaired) electrons. The van der Waals surface area contributed by atoms with Crippen molar-refractivity contribution in [2.75, 3.05) is 39.6 Å². The molecular weight excluding hydrogens is 1460 g/mol. The Kier molecular flexibility index (Phi) is 47.6. The smallest absolute Gasteiger partial charge is 0.338 e. The van der Waals surface area contributed by atoms with Crippen LogP contribution in [0.3, 0.4) is 0 Å². The van der Waals surface area contributed by atoms with Crippen LogP contribution in [0.15, 0.2) is 109 Å². The maximum atomic E-state index is 14.0. The molecule has 0 saturated carbocycles. The summed E-state index contributed by atoms with van der Waals surface area (Å²) in [6, 6.07) is 83.0. The number of ether oxygens (including phenoxy) is 4. The largest absolute Gasteiger partial charge is 0.462 e. The zero-order valence-corrected chi connectivity index (χ0v) is 71.5. The van der Waals surface area contributed by atoms with Gasteiger partial charge in [0.05, 0.1) is 48.7 Å². The molecule has 0 atom stereocenters. The number of carbonyl (C=O) groups excluding carboxylic acids is 4. The SMILES string of the molecule is CCCCCCCCCCCCOC(=O)c1cc2c#cc#cc3cc(C(=O)OCCCCCCCCCCCC)cc(c#cc4cc(CCO)cc(c#cc5cc(C(=O)OCCCCCCCCCCCC)cc(c#cc#cc6cc(C(=O)OCCCCCCCCCCCC)cc(c#cc7cc(CCO)cc(c#cc(c1)c2)c7)c6)c5)c4)c3. The minimum absolute atomic E-state index is 0.117. The predicted molar refractivity (Wildman–Crippen MR) is 480 cm³/mol. The van der Waals surface area contributed by atoms with Gasteiger partial charge in [-0.1, -0.05) is 332 Å². The van der Waals surface area contributed by atoms with Gasteiger partial charge in [0, 0.05) is 77.8 Å². The van der Waals surface area contributed by atoms with Crippen LogP contribution in [0.5, 0.6) is 0 Å². The molecule has 0 spiro atoms. The van der Waals surface area contributed by atoms with Gasteiger partial charge in [-0.15, -0.1) is 0 Å². The highest BCUT2D eigenvalue weighted by molar-refractivity contribution is 5.96. The van der Waals surface area contributed by atoms with Gasteiger partial charge in [-0.2, -0.15) is 0 Å². The average Bonchev–Trinajstić information content (AvgIpc) is 0.847. The molecule has 7 rings (SSSR count). The maximum Gasteiger partial charge on any atom is 0.338 e. The predicted octanol–water partition coefficient (Wildman–Crippen LogP) is 27.0. The van der Waals surface area contributed by atoms with E-state index in [1.165, 1.54) is 154 Å². The zero-order valence-electron chi connectivity index (χ0n) is 71.5. The molecule has 2 N–H and O–H groups in total. The maximum absolute atomic E-state index is 14.0. The van der Waals surface area contributed by atoms with Crippen molar-refractivity contribution < 1.29 is 48.3 Å². The molecule has 10 heteroatoms. The number of benzene rings is 6. The quantitative estimate of drug-likeness (QED) is 0.0215. The van der Waals surface area contributed by atoms with Gasteiger partial charge in [-0.3, -0.25) is 0 Å². The molecule has 0 aromatic heterocycles. The Hall–Kier alpha value is -10.4. The van der Waals surface area contributed by atoms with E-state index >= 15 is 0 Å². The molecule has 12 bridgehead atoms. The Balaban J connectivity index is 1.35. The van der Waals surface area contributed by atoms with Crippen molar-refractivity contribution in [3.8, 4) is 0 Å². The van der Waals surface area contributed by atoms with E-state index in [9.17, 15) is 29.4 Å². The van der Waals surface area contributed by atoms with Crippen molar-refractivity contribution in [3.63, 3.8) is 0 Å². The fourth-order valence-electron chi connectivity index (χ4n) is 14.1. The van der Waals surface area contributed by atoms with Crippen molar-refractivity contribution in [3.05, 3.63) is 240 Å². The molecule has 0 aliphatic carbocycles. The molecule has 0 saturated heterocycles. The topological polar surface area (TPSA) is 146 Å². The molecule has 118 heavy (non-hydrogen) atoms. The van der Waals surface area contributed by atoms with Crippen molar-refractivity contribution >= 4 is 88.5 Å². The molecule has 0 unspecified atom stereocenters. The fraction of sp³-hybridized carbons (Fsp3) is 0.481. The van der Waals surface area contributed by atoms with Gasteiger partial charge in [0.1, 0.15) is 0 Å². The van der Waals surface area contributed by atoms with Crippen LogP contribution >= 0.6 is 0 Å². The lowest BCUT2D eigenvalue weighted by molar-refractivity contribution is 0.0488. The number of aliphatic hydroxyl groups excluding tert-OH is 2. The zero-order chi connectivity index (χ0) is 83.5. The van der Waals surface area contributed by atoms with E-state index in [0.29, 0.717) is 77.5 Å². The lowest BCUT2D eigenvalue weighted by Crippen LogP contribution is -2.06. The van der Waals surface area contributed by atoms with E-state index in [1.54, 1.807) is 72.8 Å². The third-order valence-electron chi connectivity index (χ3n) is 20.7. The lowest BCUT2D eigenvalue weighted by atomic mass is 10.1. The highest BCUT2D eigenvalue weighted by atomic mass is 16.5. The standard InChI is InChI=1S/C108H128O10/c1-5-9-13-17-21-25-29-33-37-45-65-115-105(111)101-79-87-49-41-42-50-88-70-96(84-102(80-88)106(112)116-66-46-38-34-30-26-22-18-14-10-6-2)59-55-93-74-94(78-100(77-93)62-64-110)56-60-98-72-90(82-104(86-98)108(114)118-68-48-40-36-32-28-24-20-16-12-8-4)52-44-43-51-89-71-97(58-54-92-73-91(53-57-95(69-87)83-101)75-99(76-92)61-63-109)85-103(81-89)107(113)117-67-47-39-35-31-27-23-19-15-11-7-3/h69-86,109-110H,5-40,45-48,61-68H2,1-4H3. The second-order valence-electron chi connectivity index (χ2n) is 31.3. The normalized spacial score (nSPS) is 10.5. The van der Waals surface area contributed by atoms with E-state index in [0.717, 1.165) is 114 Å². The fourth-order valence-corrected chi connectivity index (χ4v) is 14.1. The average molecular weight is 1590 g/mol. The summed E-state index contributed by atoms with van der Waals surface area (Å²) in [5, 5.41) is 26.8. The van der Waals surface area contributed by atoms with Gasteiger partial charge in [-0.25, -0.2) is 19.2 Å². The molecule has 7 aromatic carbocycles. The summed E-state index contributed by atoms with van der Waals surface area (Å²) in [7, 11) is 0. The number of carbonyl (C=O) groups is 4. The summed E-state index contributed by atoms with van der Waals surface area (Å²) in [6.07, 6.45) is 46.7. The molecule has 0 aliphatic rings. The molecule has 0 heterocycles. The number of rotatable bonds is 52. The molecule has 0 amide bonds. The van der Waals surface area contributed by atoms with Crippen molar-refractivity contribution in [2.24, 2.45) is 0 Å². The Morgan fingerprint density at radius 3 is 0.534 bits per heavy atom. The van der Waals surface area contributed by atoms with Crippen molar-refractivity contribution in [1.82, 2.24) is 0 Å². The lowest BCUT2D eigenvalue weighted by Gasteiger charge is -2.05. The number of unbranched alkanes of at least 4 members (excludes halogenated alkanes) is 36. The number of hydrogen-bond donors (Lipinski definition) is 2. The van der Waals surface area contributed by atoms with Crippen LogP contribution in [-0.4, -0.2) is 73.7 Å². The van der Waals surface area contributed by atoms with Crippen LogP contribution in [0.4, 0.5) is 0 Å². The van der Waals surface area contributed by atoms with Gasteiger partial charge < -0.3 is 29.2 Å². The second kappa shape index (κ2) is 59.3. The van der Waals surface area contributed by atoms with E-state index in [-0.39, 0.29) is 61.9 Å². The number of aliphatic hydroxyl groups is 2. The first kappa shape index (κ1) is 94.7. The monoisotopic (exact) mass is 1580 g/mol. The Morgan fingerprint density at radius 2 is 0.364 bits per heavy atom. The van der Waals surface area contributed by atoms with Gasteiger partial charge >= 0.3 is 23.9 Å². The van der Waals surface area contributed by atoms with E-state index in [2.05, 4.69) is 125 Å². The van der Waals surface area contributed by atoms with Crippen LogP contribution < -0.4 is 0 Å². The van der Waals surface area contributed by atoms with Crippen LogP contribution in [0.2, 0.25) is 0 Å². The summed E-state index contributed by atoms with van der Waals surface area (Å²) >= 11 is 0. The molecule has 7 aromatic rings. The Morgan fingerprint density at radius 1 is 0.212 bits per heavy atom. The molecular formula is C108H128O10. The van der Waals surface area contributed by atoms with Crippen molar-refractivity contribution in [2.45, 2.75) is 297 Å². The van der Waals surface area contributed by atoms with E-state index in [1.807, 2.05) is 36.4 Å².